The maximum absolute atomic E-state index is 11.9. The molecule has 0 aliphatic rings. The van der Waals surface area contributed by atoms with E-state index in [9.17, 15) is 9.59 Å². The number of rotatable bonds is 8. The van der Waals surface area contributed by atoms with E-state index >= 15 is 0 Å². The van der Waals surface area contributed by atoms with Crippen molar-refractivity contribution in [2.75, 3.05) is 0 Å². The summed E-state index contributed by atoms with van der Waals surface area (Å²) in [6, 6.07) is 7.71. The fraction of sp³-hybridized carbons (Fsp3) is 0.500. The number of hydrogen-bond acceptors (Lipinski definition) is 2. The predicted octanol–water partition coefficient (Wildman–Crippen LogP) is 3.49. The van der Waals surface area contributed by atoms with Gasteiger partial charge < -0.3 is 5.73 Å². The van der Waals surface area contributed by atoms with Gasteiger partial charge in [0.25, 0.3) is 0 Å². The van der Waals surface area contributed by atoms with Crippen LogP contribution in [0, 0.1) is 11.8 Å². The summed E-state index contributed by atoms with van der Waals surface area (Å²) in [6.07, 6.45) is 2.14. The minimum absolute atomic E-state index is 0.155. The fourth-order valence-corrected chi connectivity index (χ4v) is 2.46. The van der Waals surface area contributed by atoms with Crippen LogP contribution >= 0.6 is 15.9 Å². The Morgan fingerprint density at radius 2 is 1.80 bits per heavy atom. The minimum atomic E-state index is -0.296. The summed E-state index contributed by atoms with van der Waals surface area (Å²) in [7, 11) is 0. The normalized spacial score (nSPS) is 12.4. The molecule has 2 N–H and O–H groups in total. The molecule has 0 heterocycles. The van der Waals surface area contributed by atoms with Gasteiger partial charge in [-0.05, 0) is 36.5 Å². The summed E-state index contributed by atoms with van der Waals surface area (Å²) in [5.41, 5.74) is 6.38. The average Bonchev–Trinajstić information content (AvgIpc) is 2.36. The zero-order valence-electron chi connectivity index (χ0n) is 12.1. The lowest BCUT2D eigenvalue weighted by Gasteiger charge is -2.15. The van der Waals surface area contributed by atoms with Crippen molar-refractivity contribution in [3.63, 3.8) is 0 Å². The topological polar surface area (TPSA) is 60.2 Å². The van der Waals surface area contributed by atoms with Crippen LogP contribution in [-0.2, 0) is 16.0 Å². The number of amides is 1. The summed E-state index contributed by atoms with van der Waals surface area (Å²) < 4.78 is 0.999. The van der Waals surface area contributed by atoms with E-state index in [0.29, 0.717) is 25.2 Å². The van der Waals surface area contributed by atoms with E-state index in [2.05, 4.69) is 29.8 Å². The van der Waals surface area contributed by atoms with Gasteiger partial charge in [0.2, 0.25) is 5.91 Å². The van der Waals surface area contributed by atoms with Gasteiger partial charge in [0.15, 0.2) is 0 Å². The zero-order chi connectivity index (χ0) is 15.1. The van der Waals surface area contributed by atoms with E-state index in [1.807, 2.05) is 24.3 Å². The van der Waals surface area contributed by atoms with Crippen molar-refractivity contribution >= 4 is 27.6 Å². The van der Waals surface area contributed by atoms with Gasteiger partial charge in [-0.15, -0.1) is 0 Å². The van der Waals surface area contributed by atoms with Gasteiger partial charge in [-0.2, -0.15) is 0 Å². The highest BCUT2D eigenvalue weighted by molar-refractivity contribution is 9.10. The average molecular weight is 340 g/mol. The van der Waals surface area contributed by atoms with Gasteiger partial charge >= 0.3 is 0 Å². The summed E-state index contributed by atoms with van der Waals surface area (Å²) in [4.78, 5) is 23.3. The molecule has 1 atom stereocenters. The minimum Gasteiger partial charge on any atom is -0.369 e. The highest BCUT2D eigenvalue weighted by Crippen LogP contribution is 2.18. The molecular weight excluding hydrogens is 318 g/mol. The maximum atomic E-state index is 11.9. The number of carbonyl (C=O) groups is 2. The molecule has 1 unspecified atom stereocenters. The third-order valence-corrected chi connectivity index (χ3v) is 3.77. The summed E-state index contributed by atoms with van der Waals surface area (Å²) in [5.74, 6) is 0.0791. The fourth-order valence-electron chi connectivity index (χ4n) is 2.20. The molecule has 0 aliphatic heterocycles. The quantitative estimate of drug-likeness (QED) is 0.787. The molecule has 1 rings (SSSR count). The van der Waals surface area contributed by atoms with E-state index in [1.165, 1.54) is 0 Å². The lowest BCUT2D eigenvalue weighted by molar-refractivity contribution is -0.123. The molecule has 20 heavy (non-hydrogen) atoms. The Bertz CT molecular complexity index is 454. The molecule has 0 bridgehead atoms. The van der Waals surface area contributed by atoms with Crippen LogP contribution in [-0.4, -0.2) is 11.7 Å². The van der Waals surface area contributed by atoms with Crippen LogP contribution < -0.4 is 5.73 Å². The van der Waals surface area contributed by atoms with Gasteiger partial charge in [-0.1, -0.05) is 41.9 Å². The predicted molar refractivity (Wildman–Crippen MR) is 84.2 cm³/mol. The molecule has 0 fully saturated rings. The first-order chi connectivity index (χ1) is 9.38. The van der Waals surface area contributed by atoms with Crippen molar-refractivity contribution in [1.29, 1.82) is 0 Å². The maximum Gasteiger partial charge on any atom is 0.220 e. The van der Waals surface area contributed by atoms with Crippen molar-refractivity contribution < 1.29 is 9.59 Å². The van der Waals surface area contributed by atoms with E-state index in [4.69, 9.17) is 5.73 Å². The van der Waals surface area contributed by atoms with Gasteiger partial charge in [-0.3, -0.25) is 9.59 Å². The molecule has 0 spiro atoms. The first-order valence-electron chi connectivity index (χ1n) is 6.94. The molecule has 3 nitrogen and oxygen atoms in total. The SMILES string of the molecule is CC(C)CC(CCC(=O)Cc1ccc(Br)cc1)C(N)=O. The first-order valence-corrected chi connectivity index (χ1v) is 7.73. The molecule has 0 radical (unpaired) electrons. The number of benzene rings is 1. The molecule has 1 aromatic carbocycles. The largest absolute Gasteiger partial charge is 0.369 e. The van der Waals surface area contributed by atoms with Gasteiger partial charge in [-0.25, -0.2) is 0 Å². The van der Waals surface area contributed by atoms with Crippen LogP contribution in [0.3, 0.4) is 0 Å². The van der Waals surface area contributed by atoms with Crippen LogP contribution in [0.25, 0.3) is 0 Å². The number of primary amides is 1. The number of carbonyl (C=O) groups excluding carboxylic acids is 2. The van der Waals surface area contributed by atoms with Gasteiger partial charge in [0.1, 0.15) is 5.78 Å². The summed E-state index contributed by atoms with van der Waals surface area (Å²) >= 11 is 3.36. The van der Waals surface area contributed by atoms with Crippen LogP contribution in [0.2, 0.25) is 0 Å². The molecule has 1 amide bonds. The van der Waals surface area contributed by atoms with E-state index in [-0.39, 0.29) is 17.6 Å². The number of ketones is 1. The highest BCUT2D eigenvalue weighted by Gasteiger charge is 2.18. The Morgan fingerprint density at radius 1 is 1.20 bits per heavy atom. The van der Waals surface area contributed by atoms with Crippen molar-refractivity contribution in [3.8, 4) is 0 Å². The van der Waals surface area contributed by atoms with Gasteiger partial charge in [0.05, 0.1) is 0 Å². The Balaban J connectivity index is 2.45. The standard InChI is InChI=1S/C16H22BrNO2/c1-11(2)9-13(16(18)20)5-8-15(19)10-12-3-6-14(17)7-4-12/h3-4,6-7,11,13H,5,8-10H2,1-2H3,(H2,18,20). The summed E-state index contributed by atoms with van der Waals surface area (Å²) in [6.45, 7) is 4.11. The Kier molecular flexibility index (Phi) is 6.93. The van der Waals surface area contributed by atoms with Crippen molar-refractivity contribution in [1.82, 2.24) is 0 Å². The second kappa shape index (κ2) is 8.20. The monoisotopic (exact) mass is 339 g/mol. The Hall–Kier alpha value is -1.16. The third kappa shape index (κ3) is 6.33. The molecule has 110 valence electrons. The molecule has 4 heteroatoms. The van der Waals surface area contributed by atoms with E-state index in [0.717, 1.165) is 16.5 Å². The highest BCUT2D eigenvalue weighted by atomic mass is 79.9. The van der Waals surface area contributed by atoms with Gasteiger partial charge in [0, 0.05) is 23.2 Å². The lowest BCUT2D eigenvalue weighted by atomic mass is 9.91. The van der Waals surface area contributed by atoms with Crippen molar-refractivity contribution in [2.45, 2.75) is 39.5 Å². The molecular formula is C16H22BrNO2. The Labute approximate surface area is 129 Å². The molecule has 0 saturated carbocycles. The number of halogens is 1. The lowest BCUT2D eigenvalue weighted by Crippen LogP contribution is -2.25. The van der Waals surface area contributed by atoms with E-state index < -0.39 is 0 Å². The van der Waals surface area contributed by atoms with E-state index in [1.54, 1.807) is 0 Å². The van der Waals surface area contributed by atoms with Crippen LogP contribution in [0.15, 0.2) is 28.7 Å². The van der Waals surface area contributed by atoms with Crippen LogP contribution in [0.5, 0.6) is 0 Å². The summed E-state index contributed by atoms with van der Waals surface area (Å²) in [5, 5.41) is 0. The molecule has 0 aliphatic carbocycles. The van der Waals surface area contributed by atoms with Crippen molar-refractivity contribution in [2.24, 2.45) is 17.6 Å². The molecule has 0 aromatic heterocycles. The van der Waals surface area contributed by atoms with Crippen LogP contribution in [0.1, 0.15) is 38.7 Å². The molecule has 1 aromatic rings. The second-order valence-electron chi connectivity index (χ2n) is 5.61. The number of nitrogens with two attached hydrogens (primary N) is 1. The molecule has 0 saturated heterocycles. The Morgan fingerprint density at radius 3 is 2.30 bits per heavy atom. The zero-order valence-corrected chi connectivity index (χ0v) is 13.7. The van der Waals surface area contributed by atoms with Crippen LogP contribution in [0.4, 0.5) is 0 Å². The smallest absolute Gasteiger partial charge is 0.220 e. The second-order valence-corrected chi connectivity index (χ2v) is 6.53. The number of hydrogen-bond donors (Lipinski definition) is 1. The van der Waals surface area contributed by atoms with Crippen molar-refractivity contribution in [3.05, 3.63) is 34.3 Å². The third-order valence-electron chi connectivity index (χ3n) is 3.24. The number of Topliss-reactive ketones (excluding diaryl/α,β-unsaturated/α-hetero) is 1. The first kappa shape index (κ1) is 16.9.